The summed E-state index contributed by atoms with van der Waals surface area (Å²) in [4.78, 5) is 27.7. The van der Waals surface area contributed by atoms with Gasteiger partial charge in [0.05, 0.1) is 23.4 Å². The summed E-state index contributed by atoms with van der Waals surface area (Å²) in [7, 11) is 0. The molecule has 0 saturated carbocycles. The molecular weight excluding hydrogens is 566 g/mol. The van der Waals surface area contributed by atoms with E-state index in [1.807, 2.05) is 13.8 Å². The topological polar surface area (TPSA) is 75.6 Å². The summed E-state index contributed by atoms with van der Waals surface area (Å²) in [6.07, 6.45) is -5.46. The number of hydrogen-bond donors (Lipinski definition) is 2. The van der Waals surface area contributed by atoms with E-state index < -0.39 is 30.4 Å². The molecule has 1 aromatic carbocycles. The maximum atomic E-state index is 13.4. The van der Waals surface area contributed by atoms with E-state index in [4.69, 9.17) is 4.74 Å². The fourth-order valence-corrected chi connectivity index (χ4v) is 5.26. The zero-order chi connectivity index (χ0) is 31.1. The van der Waals surface area contributed by atoms with Gasteiger partial charge in [0.25, 0.3) is 11.5 Å². The van der Waals surface area contributed by atoms with Crippen LogP contribution >= 0.6 is 0 Å². The van der Waals surface area contributed by atoms with Crippen LogP contribution in [0.3, 0.4) is 0 Å². The number of carbonyl (C=O) groups is 1. The van der Waals surface area contributed by atoms with Crippen molar-refractivity contribution in [2.45, 2.75) is 77.4 Å². The SMILES string of the molecule is CC.Cc1c(CNC(=O)c2cn(C3CCOCC3)c(=O)cc2NC2CCN(CC(F)(F)F)CC2)cccc1C(F)(F)F. The van der Waals surface area contributed by atoms with Gasteiger partial charge in [0, 0.05) is 57.2 Å². The van der Waals surface area contributed by atoms with Crippen LogP contribution in [0.1, 0.15) is 72.6 Å². The van der Waals surface area contributed by atoms with Crippen molar-refractivity contribution < 1.29 is 35.9 Å². The summed E-state index contributed by atoms with van der Waals surface area (Å²) < 4.78 is 85.1. The third-order valence-electron chi connectivity index (χ3n) is 7.45. The minimum Gasteiger partial charge on any atom is -0.381 e. The van der Waals surface area contributed by atoms with Crippen LogP contribution in [0.4, 0.5) is 32.0 Å². The molecule has 1 amide bonds. The van der Waals surface area contributed by atoms with Gasteiger partial charge in [-0.15, -0.1) is 0 Å². The lowest BCUT2D eigenvalue weighted by Gasteiger charge is -2.33. The Morgan fingerprint density at radius 1 is 1.02 bits per heavy atom. The summed E-state index contributed by atoms with van der Waals surface area (Å²) in [6.45, 7) is 5.50. The molecule has 7 nitrogen and oxygen atoms in total. The van der Waals surface area contributed by atoms with Crippen molar-refractivity contribution >= 4 is 11.6 Å². The van der Waals surface area contributed by atoms with Gasteiger partial charge in [-0.1, -0.05) is 26.0 Å². The highest BCUT2D eigenvalue weighted by molar-refractivity contribution is 5.99. The lowest BCUT2D eigenvalue weighted by molar-refractivity contribution is -0.147. The standard InChI is InChI=1S/C27H32F6N4O3.C2H6/c1-17-18(3-2-4-22(17)27(31,32)33)14-34-25(39)21-15-37(20-7-11-40-12-8-20)24(38)13-23(21)35-19-5-9-36(10-6-19)16-26(28,29)30;1-2/h2-4,13,15,19-20,35H,5-12,14,16H2,1H3,(H,34,39);1-2H3. The van der Waals surface area contributed by atoms with Crippen LogP contribution in [-0.4, -0.2) is 60.4 Å². The summed E-state index contributed by atoms with van der Waals surface area (Å²) in [6, 6.07) is 4.62. The number of alkyl halides is 6. The Hall–Kier alpha value is -3.06. The molecule has 234 valence electrons. The monoisotopic (exact) mass is 604 g/mol. The van der Waals surface area contributed by atoms with Crippen molar-refractivity contribution in [1.82, 2.24) is 14.8 Å². The molecular formula is C29H38F6N4O3. The van der Waals surface area contributed by atoms with Gasteiger partial charge in [-0.2, -0.15) is 26.3 Å². The predicted molar refractivity (Wildman–Crippen MR) is 148 cm³/mol. The first-order valence-corrected chi connectivity index (χ1v) is 14.2. The largest absolute Gasteiger partial charge is 0.416 e. The molecule has 2 aliphatic heterocycles. The first kappa shape index (κ1) is 33.4. The maximum absolute atomic E-state index is 13.4. The summed E-state index contributed by atoms with van der Waals surface area (Å²) in [5, 5.41) is 5.84. The van der Waals surface area contributed by atoms with Gasteiger partial charge in [-0.3, -0.25) is 14.5 Å². The van der Waals surface area contributed by atoms with Gasteiger partial charge in [-0.05, 0) is 49.8 Å². The lowest BCUT2D eigenvalue weighted by Crippen LogP contribution is -2.43. The first-order chi connectivity index (χ1) is 19.8. The molecule has 2 N–H and O–H groups in total. The van der Waals surface area contributed by atoms with Crippen LogP contribution < -0.4 is 16.2 Å². The third-order valence-corrected chi connectivity index (χ3v) is 7.45. The van der Waals surface area contributed by atoms with E-state index in [0.717, 1.165) is 6.07 Å². The predicted octanol–water partition coefficient (Wildman–Crippen LogP) is 5.92. The number of nitrogens with zero attached hydrogens (tertiary/aromatic N) is 2. The van der Waals surface area contributed by atoms with Gasteiger partial charge in [-0.25, -0.2) is 0 Å². The Labute approximate surface area is 241 Å². The number of pyridine rings is 1. The molecule has 0 radical (unpaired) electrons. The highest BCUT2D eigenvalue weighted by Crippen LogP contribution is 2.33. The molecule has 3 heterocycles. The number of anilines is 1. The molecule has 2 fully saturated rings. The second kappa shape index (κ2) is 14.4. The Bertz CT molecular complexity index is 1250. The zero-order valence-corrected chi connectivity index (χ0v) is 24.0. The number of aromatic nitrogens is 1. The van der Waals surface area contributed by atoms with Crippen molar-refractivity contribution in [2.24, 2.45) is 0 Å². The third kappa shape index (κ3) is 8.97. The number of amides is 1. The number of rotatable bonds is 7. The summed E-state index contributed by atoms with van der Waals surface area (Å²) in [5.74, 6) is -0.588. The van der Waals surface area contributed by atoms with Crippen molar-refractivity contribution in [2.75, 3.05) is 38.2 Å². The number of hydrogen-bond acceptors (Lipinski definition) is 5. The van der Waals surface area contributed by atoms with Crippen molar-refractivity contribution in [3.63, 3.8) is 0 Å². The number of ether oxygens (including phenoxy) is 1. The molecule has 2 aromatic rings. The second-order valence-corrected chi connectivity index (χ2v) is 10.3. The molecule has 42 heavy (non-hydrogen) atoms. The highest BCUT2D eigenvalue weighted by Gasteiger charge is 2.34. The smallest absolute Gasteiger partial charge is 0.381 e. The van der Waals surface area contributed by atoms with Gasteiger partial charge in [0.15, 0.2) is 0 Å². The molecule has 0 unspecified atom stereocenters. The molecule has 4 rings (SSSR count). The second-order valence-electron chi connectivity index (χ2n) is 10.3. The number of benzene rings is 1. The molecule has 1 aromatic heterocycles. The number of halogens is 6. The van der Waals surface area contributed by atoms with Crippen LogP contribution in [0.25, 0.3) is 0 Å². The van der Waals surface area contributed by atoms with E-state index in [9.17, 15) is 35.9 Å². The van der Waals surface area contributed by atoms with Gasteiger partial charge < -0.3 is 19.9 Å². The molecule has 2 saturated heterocycles. The van der Waals surface area contributed by atoms with Crippen LogP contribution in [0.15, 0.2) is 35.3 Å². The number of carbonyl (C=O) groups excluding carboxylic acids is 1. The van der Waals surface area contributed by atoms with Crippen molar-refractivity contribution in [3.05, 3.63) is 63.1 Å². The zero-order valence-electron chi connectivity index (χ0n) is 24.0. The van der Waals surface area contributed by atoms with E-state index in [1.165, 1.54) is 40.8 Å². The summed E-state index contributed by atoms with van der Waals surface area (Å²) >= 11 is 0. The Balaban J connectivity index is 0.00000237. The van der Waals surface area contributed by atoms with Crippen LogP contribution in [0.5, 0.6) is 0 Å². The molecule has 0 aliphatic carbocycles. The fourth-order valence-electron chi connectivity index (χ4n) is 5.26. The lowest BCUT2D eigenvalue weighted by atomic mass is 10.0. The molecule has 0 spiro atoms. The average molecular weight is 605 g/mol. The molecule has 2 aliphatic rings. The molecule has 13 heteroatoms. The van der Waals surface area contributed by atoms with Gasteiger partial charge in [0.1, 0.15) is 0 Å². The van der Waals surface area contributed by atoms with E-state index >= 15 is 0 Å². The minimum atomic E-state index is -4.53. The Kier molecular flexibility index (Phi) is 11.5. The van der Waals surface area contributed by atoms with Crippen molar-refractivity contribution in [3.8, 4) is 0 Å². The maximum Gasteiger partial charge on any atom is 0.416 e. The number of piperidine rings is 1. The highest BCUT2D eigenvalue weighted by atomic mass is 19.4. The van der Waals surface area contributed by atoms with Crippen LogP contribution in [-0.2, 0) is 17.5 Å². The fraction of sp³-hybridized carbons (Fsp3) is 0.586. The Morgan fingerprint density at radius 2 is 1.67 bits per heavy atom. The van der Waals surface area contributed by atoms with E-state index in [-0.39, 0.29) is 54.1 Å². The van der Waals surface area contributed by atoms with E-state index in [2.05, 4.69) is 10.6 Å². The average Bonchev–Trinajstić information content (AvgIpc) is 2.93. The van der Waals surface area contributed by atoms with E-state index in [1.54, 1.807) is 0 Å². The minimum absolute atomic E-state index is 0.00596. The normalized spacial score (nSPS) is 17.4. The number of nitrogens with one attached hydrogen (secondary N) is 2. The van der Waals surface area contributed by atoms with Crippen LogP contribution in [0.2, 0.25) is 0 Å². The first-order valence-electron chi connectivity index (χ1n) is 14.2. The quantitative estimate of drug-likeness (QED) is 0.384. The van der Waals surface area contributed by atoms with Gasteiger partial charge >= 0.3 is 12.4 Å². The van der Waals surface area contributed by atoms with E-state index in [0.29, 0.717) is 44.5 Å². The molecule has 0 atom stereocenters. The van der Waals surface area contributed by atoms with Crippen molar-refractivity contribution in [1.29, 1.82) is 0 Å². The molecule has 0 bridgehead atoms. The summed E-state index contributed by atoms with van der Waals surface area (Å²) in [5.41, 5.74) is -0.450. The Morgan fingerprint density at radius 3 is 2.26 bits per heavy atom. The van der Waals surface area contributed by atoms with Crippen LogP contribution in [0, 0.1) is 6.92 Å². The van der Waals surface area contributed by atoms with Gasteiger partial charge in [0.2, 0.25) is 0 Å². The number of likely N-dealkylation sites (tertiary alicyclic amines) is 1.